The Balaban J connectivity index is 2.52. The van der Waals surface area contributed by atoms with Crippen molar-refractivity contribution in [2.45, 2.75) is 11.4 Å². The van der Waals surface area contributed by atoms with E-state index in [9.17, 15) is 13.2 Å². The van der Waals surface area contributed by atoms with Gasteiger partial charge in [-0.25, -0.2) is 0 Å². The van der Waals surface area contributed by atoms with Gasteiger partial charge in [0.15, 0.2) is 0 Å². The van der Waals surface area contributed by atoms with Gasteiger partial charge in [0.1, 0.15) is 5.25 Å². The molecule has 0 saturated carbocycles. The zero-order valence-electron chi connectivity index (χ0n) is 6.60. The molecule has 1 aliphatic heterocycles. The minimum Gasteiger partial charge on any atom is -0.304 e. The van der Waals surface area contributed by atoms with Gasteiger partial charge in [-0.1, -0.05) is 21.6 Å². The van der Waals surface area contributed by atoms with Crippen molar-refractivity contribution in [3.8, 4) is 0 Å². The summed E-state index contributed by atoms with van der Waals surface area (Å²) in [6, 6.07) is 0. The SMILES string of the molecule is CN1CCSSC(C(F)(F)F)C1. The first kappa shape index (κ1) is 10.5. The maximum Gasteiger partial charge on any atom is 0.402 e. The van der Waals surface area contributed by atoms with E-state index in [0.717, 1.165) is 23.1 Å². The lowest BCUT2D eigenvalue weighted by Gasteiger charge is -2.20. The van der Waals surface area contributed by atoms with E-state index >= 15 is 0 Å². The first-order chi connectivity index (χ1) is 5.50. The molecule has 1 saturated heterocycles. The number of rotatable bonds is 0. The zero-order chi connectivity index (χ0) is 9.19. The molecule has 0 aliphatic carbocycles. The molecule has 1 rings (SSSR count). The Morgan fingerprint density at radius 3 is 2.67 bits per heavy atom. The first-order valence-electron chi connectivity index (χ1n) is 3.53. The summed E-state index contributed by atoms with van der Waals surface area (Å²) in [5.74, 6) is 0.772. The highest BCUT2D eigenvalue weighted by molar-refractivity contribution is 8.77. The van der Waals surface area contributed by atoms with E-state index < -0.39 is 11.4 Å². The molecule has 0 aromatic carbocycles. The molecule has 1 atom stereocenters. The number of hydrogen-bond acceptors (Lipinski definition) is 3. The van der Waals surface area contributed by atoms with Crippen LogP contribution in [-0.2, 0) is 0 Å². The summed E-state index contributed by atoms with van der Waals surface area (Å²) in [7, 11) is 3.98. The van der Waals surface area contributed by atoms with E-state index in [1.165, 1.54) is 10.8 Å². The van der Waals surface area contributed by atoms with Gasteiger partial charge in [0.2, 0.25) is 0 Å². The molecule has 1 aliphatic rings. The van der Waals surface area contributed by atoms with Crippen LogP contribution >= 0.6 is 21.6 Å². The average Bonchev–Trinajstić information content (AvgIpc) is 2.11. The molecule has 6 heteroatoms. The summed E-state index contributed by atoms with van der Waals surface area (Å²) in [6.45, 7) is 0.853. The topological polar surface area (TPSA) is 3.24 Å². The van der Waals surface area contributed by atoms with Crippen LogP contribution < -0.4 is 0 Å². The van der Waals surface area contributed by atoms with E-state index in [0.29, 0.717) is 0 Å². The predicted octanol–water partition coefficient (Wildman–Crippen LogP) is 2.24. The maximum absolute atomic E-state index is 12.2. The van der Waals surface area contributed by atoms with Gasteiger partial charge in [-0.15, -0.1) is 0 Å². The van der Waals surface area contributed by atoms with Crippen LogP contribution in [0.5, 0.6) is 0 Å². The Labute approximate surface area is 77.5 Å². The van der Waals surface area contributed by atoms with Gasteiger partial charge >= 0.3 is 6.18 Å². The van der Waals surface area contributed by atoms with Crippen molar-refractivity contribution >= 4 is 21.6 Å². The second-order valence-corrected chi connectivity index (χ2v) is 5.40. The van der Waals surface area contributed by atoms with Crippen molar-refractivity contribution in [2.75, 3.05) is 25.9 Å². The minimum atomic E-state index is -4.06. The molecule has 1 unspecified atom stereocenters. The fourth-order valence-electron chi connectivity index (χ4n) is 0.886. The third-order valence-electron chi connectivity index (χ3n) is 1.58. The molecule has 1 heterocycles. The van der Waals surface area contributed by atoms with Crippen molar-refractivity contribution in [3.05, 3.63) is 0 Å². The van der Waals surface area contributed by atoms with Gasteiger partial charge in [0.25, 0.3) is 0 Å². The van der Waals surface area contributed by atoms with Gasteiger partial charge < -0.3 is 4.90 Å². The highest BCUT2D eigenvalue weighted by atomic mass is 33.1. The predicted molar refractivity (Wildman–Crippen MR) is 47.4 cm³/mol. The number of nitrogens with zero attached hydrogens (tertiary/aromatic N) is 1. The molecule has 12 heavy (non-hydrogen) atoms. The Morgan fingerprint density at radius 1 is 1.42 bits per heavy atom. The molecule has 0 spiro atoms. The molecule has 1 fully saturated rings. The van der Waals surface area contributed by atoms with E-state index in [-0.39, 0.29) is 6.54 Å². The molecule has 0 radical (unpaired) electrons. The number of alkyl halides is 3. The fraction of sp³-hybridized carbons (Fsp3) is 1.00. The Bertz CT molecular complexity index is 150. The molecule has 1 nitrogen and oxygen atoms in total. The summed E-state index contributed by atoms with van der Waals surface area (Å²) in [6.07, 6.45) is -4.06. The third-order valence-corrected chi connectivity index (χ3v) is 4.32. The summed E-state index contributed by atoms with van der Waals surface area (Å²) < 4.78 is 36.7. The van der Waals surface area contributed by atoms with Crippen LogP contribution in [0, 0.1) is 0 Å². The molecule has 0 aromatic rings. The summed E-state index contributed by atoms with van der Waals surface area (Å²) in [5.41, 5.74) is 0. The number of halogens is 3. The van der Waals surface area contributed by atoms with Crippen molar-refractivity contribution < 1.29 is 13.2 Å². The summed E-state index contributed by atoms with van der Waals surface area (Å²) in [4.78, 5) is 1.73. The van der Waals surface area contributed by atoms with E-state index in [2.05, 4.69) is 0 Å². The van der Waals surface area contributed by atoms with Crippen LogP contribution in [0.4, 0.5) is 13.2 Å². The van der Waals surface area contributed by atoms with E-state index in [1.54, 1.807) is 11.9 Å². The first-order valence-corrected chi connectivity index (χ1v) is 5.92. The van der Waals surface area contributed by atoms with E-state index in [1.807, 2.05) is 0 Å². The van der Waals surface area contributed by atoms with Gasteiger partial charge in [-0.3, -0.25) is 0 Å². The van der Waals surface area contributed by atoms with Crippen molar-refractivity contribution in [3.63, 3.8) is 0 Å². The Morgan fingerprint density at radius 2 is 2.08 bits per heavy atom. The van der Waals surface area contributed by atoms with Crippen LogP contribution in [0.15, 0.2) is 0 Å². The van der Waals surface area contributed by atoms with Gasteiger partial charge in [-0.05, 0) is 7.05 Å². The quantitative estimate of drug-likeness (QED) is 0.573. The van der Waals surface area contributed by atoms with Crippen LogP contribution in [0.25, 0.3) is 0 Å². The average molecular weight is 217 g/mol. The monoisotopic (exact) mass is 217 g/mol. The zero-order valence-corrected chi connectivity index (χ0v) is 8.23. The highest BCUT2D eigenvalue weighted by Crippen LogP contribution is 2.39. The van der Waals surface area contributed by atoms with Crippen LogP contribution in [0.2, 0.25) is 0 Å². The van der Waals surface area contributed by atoms with Crippen molar-refractivity contribution in [1.82, 2.24) is 4.90 Å². The van der Waals surface area contributed by atoms with Gasteiger partial charge in [-0.2, -0.15) is 13.2 Å². The van der Waals surface area contributed by atoms with Crippen molar-refractivity contribution in [2.24, 2.45) is 0 Å². The summed E-state index contributed by atoms with van der Waals surface area (Å²) in [5, 5.41) is -1.23. The molecular weight excluding hydrogens is 207 g/mol. The normalized spacial score (nSPS) is 28.5. The van der Waals surface area contributed by atoms with Crippen molar-refractivity contribution in [1.29, 1.82) is 0 Å². The largest absolute Gasteiger partial charge is 0.402 e. The minimum absolute atomic E-state index is 0.112. The Kier molecular flexibility index (Phi) is 3.60. The van der Waals surface area contributed by atoms with Crippen LogP contribution in [0.1, 0.15) is 0 Å². The molecule has 0 bridgehead atoms. The molecular formula is C6H10F3NS2. The van der Waals surface area contributed by atoms with Crippen LogP contribution in [0.3, 0.4) is 0 Å². The van der Waals surface area contributed by atoms with Gasteiger partial charge in [0.05, 0.1) is 0 Å². The molecule has 0 N–H and O–H groups in total. The second kappa shape index (κ2) is 4.11. The van der Waals surface area contributed by atoms with Crippen LogP contribution in [-0.4, -0.2) is 42.2 Å². The Hall–Kier alpha value is 0.450. The lowest BCUT2D eigenvalue weighted by Crippen LogP contribution is -2.36. The molecule has 72 valence electrons. The lowest BCUT2D eigenvalue weighted by molar-refractivity contribution is -0.131. The summed E-state index contributed by atoms with van der Waals surface area (Å²) >= 11 is 0. The third kappa shape index (κ3) is 3.06. The highest BCUT2D eigenvalue weighted by Gasteiger charge is 2.41. The standard InChI is InChI=1S/C6H10F3NS2/c1-10-2-3-11-12-5(4-10)6(7,8)9/h5H,2-4H2,1H3. The molecule has 0 aromatic heterocycles. The van der Waals surface area contributed by atoms with E-state index in [4.69, 9.17) is 0 Å². The van der Waals surface area contributed by atoms with Gasteiger partial charge in [0, 0.05) is 18.8 Å². The lowest BCUT2D eigenvalue weighted by atomic mass is 10.4. The molecule has 0 amide bonds. The second-order valence-electron chi connectivity index (χ2n) is 2.71. The fourth-order valence-corrected chi connectivity index (χ4v) is 3.47. The number of hydrogen-bond donors (Lipinski definition) is 0. The smallest absolute Gasteiger partial charge is 0.304 e. The maximum atomic E-state index is 12.2.